The summed E-state index contributed by atoms with van der Waals surface area (Å²) in [6, 6.07) is 1.68. The van der Waals surface area contributed by atoms with E-state index in [0.717, 1.165) is 18.6 Å². The van der Waals surface area contributed by atoms with Gasteiger partial charge in [0.05, 0.1) is 17.6 Å². The SMILES string of the molecule is CCC1CN(c2cc(F)c(C(=O)O)cc2[N+](=O)[O-])CCO1. The summed E-state index contributed by atoms with van der Waals surface area (Å²) in [4.78, 5) is 23.0. The van der Waals surface area contributed by atoms with Gasteiger partial charge < -0.3 is 14.7 Å². The van der Waals surface area contributed by atoms with Crippen molar-refractivity contribution in [1.29, 1.82) is 0 Å². The number of aromatic carboxylic acids is 1. The number of hydrogen-bond donors (Lipinski definition) is 1. The zero-order valence-electron chi connectivity index (χ0n) is 11.4. The summed E-state index contributed by atoms with van der Waals surface area (Å²) in [7, 11) is 0. The van der Waals surface area contributed by atoms with Gasteiger partial charge in [0.2, 0.25) is 0 Å². The van der Waals surface area contributed by atoms with E-state index >= 15 is 0 Å². The van der Waals surface area contributed by atoms with E-state index in [1.165, 1.54) is 0 Å². The van der Waals surface area contributed by atoms with Crippen LogP contribution in [0.4, 0.5) is 15.8 Å². The van der Waals surface area contributed by atoms with E-state index in [-0.39, 0.29) is 11.8 Å². The first kappa shape index (κ1) is 15.2. The highest BCUT2D eigenvalue weighted by atomic mass is 19.1. The van der Waals surface area contributed by atoms with Crippen molar-refractivity contribution in [2.45, 2.75) is 19.4 Å². The van der Waals surface area contributed by atoms with E-state index in [9.17, 15) is 19.3 Å². The molecule has 1 heterocycles. The van der Waals surface area contributed by atoms with Crippen LogP contribution in [0, 0.1) is 15.9 Å². The van der Waals surface area contributed by atoms with Gasteiger partial charge in [-0.15, -0.1) is 0 Å². The van der Waals surface area contributed by atoms with Crippen LogP contribution < -0.4 is 4.90 Å². The average Bonchev–Trinajstić information content (AvgIpc) is 2.46. The monoisotopic (exact) mass is 298 g/mol. The van der Waals surface area contributed by atoms with Crippen molar-refractivity contribution in [3.63, 3.8) is 0 Å². The number of carboxylic acids is 1. The van der Waals surface area contributed by atoms with Gasteiger partial charge in [0.15, 0.2) is 0 Å². The molecule has 0 saturated carbocycles. The molecular weight excluding hydrogens is 283 g/mol. The van der Waals surface area contributed by atoms with Gasteiger partial charge in [-0.05, 0) is 6.42 Å². The van der Waals surface area contributed by atoms with Crippen LogP contribution in [0.1, 0.15) is 23.7 Å². The lowest BCUT2D eigenvalue weighted by molar-refractivity contribution is -0.384. The number of benzene rings is 1. The maximum Gasteiger partial charge on any atom is 0.338 e. The van der Waals surface area contributed by atoms with Gasteiger partial charge in [0, 0.05) is 25.2 Å². The third-order valence-corrected chi connectivity index (χ3v) is 3.43. The summed E-state index contributed by atoms with van der Waals surface area (Å²) < 4.78 is 19.3. The molecule has 1 aliphatic rings. The molecule has 1 fully saturated rings. The van der Waals surface area contributed by atoms with Crippen molar-refractivity contribution in [3.8, 4) is 0 Å². The predicted octanol–water partition coefficient (Wildman–Crippen LogP) is 2.05. The summed E-state index contributed by atoms with van der Waals surface area (Å²) >= 11 is 0. The molecule has 0 spiro atoms. The van der Waals surface area contributed by atoms with Crippen LogP contribution in [0.2, 0.25) is 0 Å². The topological polar surface area (TPSA) is 92.9 Å². The number of hydrogen-bond acceptors (Lipinski definition) is 5. The minimum Gasteiger partial charge on any atom is -0.478 e. The Morgan fingerprint density at radius 2 is 2.33 bits per heavy atom. The lowest BCUT2D eigenvalue weighted by Crippen LogP contribution is -2.42. The van der Waals surface area contributed by atoms with Crippen LogP contribution in [0.3, 0.4) is 0 Å². The molecule has 21 heavy (non-hydrogen) atoms. The third-order valence-electron chi connectivity index (χ3n) is 3.43. The van der Waals surface area contributed by atoms with Gasteiger partial charge in [-0.3, -0.25) is 10.1 Å². The van der Waals surface area contributed by atoms with Crippen molar-refractivity contribution in [1.82, 2.24) is 0 Å². The Labute approximate surface area is 120 Å². The van der Waals surface area contributed by atoms with Gasteiger partial charge in [0.1, 0.15) is 17.1 Å². The number of carboxylic acid groups (broad SMARTS) is 1. The zero-order chi connectivity index (χ0) is 15.6. The number of carbonyl (C=O) groups is 1. The highest BCUT2D eigenvalue weighted by Crippen LogP contribution is 2.32. The molecule has 0 bridgehead atoms. The fraction of sp³-hybridized carbons (Fsp3) is 0.462. The van der Waals surface area contributed by atoms with Crippen LogP contribution in [-0.4, -0.2) is 41.8 Å². The van der Waals surface area contributed by atoms with Gasteiger partial charge in [-0.2, -0.15) is 0 Å². The van der Waals surface area contributed by atoms with Gasteiger partial charge >= 0.3 is 5.97 Å². The van der Waals surface area contributed by atoms with Crippen LogP contribution in [0.15, 0.2) is 12.1 Å². The van der Waals surface area contributed by atoms with Crippen molar-refractivity contribution in [2.75, 3.05) is 24.6 Å². The highest BCUT2D eigenvalue weighted by Gasteiger charge is 2.28. The van der Waals surface area contributed by atoms with E-state index in [0.29, 0.717) is 19.7 Å². The molecule has 0 radical (unpaired) electrons. The second-order valence-electron chi connectivity index (χ2n) is 4.73. The first-order valence-electron chi connectivity index (χ1n) is 6.51. The predicted molar refractivity (Wildman–Crippen MR) is 72.3 cm³/mol. The lowest BCUT2D eigenvalue weighted by Gasteiger charge is -2.33. The first-order valence-corrected chi connectivity index (χ1v) is 6.51. The van der Waals surface area contributed by atoms with Gasteiger partial charge in [-0.25, -0.2) is 9.18 Å². The third kappa shape index (κ3) is 3.10. The normalized spacial score (nSPS) is 18.6. The van der Waals surface area contributed by atoms with Crippen LogP contribution >= 0.6 is 0 Å². The smallest absolute Gasteiger partial charge is 0.338 e. The Morgan fingerprint density at radius 1 is 1.62 bits per heavy atom. The number of rotatable bonds is 4. The molecule has 0 aliphatic carbocycles. The van der Waals surface area contributed by atoms with Gasteiger partial charge in [0.25, 0.3) is 5.69 Å². The summed E-state index contributed by atoms with van der Waals surface area (Å²) in [5.41, 5.74) is -1.03. The number of anilines is 1. The minimum absolute atomic E-state index is 0.0828. The molecule has 1 aromatic carbocycles. The summed E-state index contributed by atoms with van der Waals surface area (Å²) in [5, 5.41) is 20.0. The number of nitro benzene ring substituents is 1. The van der Waals surface area contributed by atoms with E-state index in [2.05, 4.69) is 0 Å². The highest BCUT2D eigenvalue weighted by molar-refractivity contribution is 5.90. The Bertz CT molecular complexity index is 578. The molecular formula is C13H15FN2O5. The fourth-order valence-corrected chi connectivity index (χ4v) is 2.30. The van der Waals surface area contributed by atoms with Crippen LogP contribution in [0.5, 0.6) is 0 Å². The molecule has 1 atom stereocenters. The summed E-state index contributed by atoms with van der Waals surface area (Å²) in [5.74, 6) is -2.52. The number of nitrogens with zero attached hydrogens (tertiary/aromatic N) is 2. The largest absolute Gasteiger partial charge is 0.478 e. The maximum absolute atomic E-state index is 13.8. The molecule has 2 rings (SSSR count). The molecule has 7 nitrogen and oxygen atoms in total. The van der Waals surface area contributed by atoms with E-state index in [1.807, 2.05) is 6.92 Å². The van der Waals surface area contributed by atoms with E-state index in [4.69, 9.17) is 9.84 Å². The molecule has 1 N–H and O–H groups in total. The second-order valence-corrected chi connectivity index (χ2v) is 4.73. The molecule has 1 aromatic rings. The number of morpholine rings is 1. The molecule has 114 valence electrons. The Morgan fingerprint density at radius 3 is 2.90 bits per heavy atom. The molecule has 1 unspecified atom stereocenters. The molecule has 1 aliphatic heterocycles. The molecule has 1 saturated heterocycles. The molecule has 8 heteroatoms. The Hall–Kier alpha value is -2.22. The standard InChI is InChI=1S/C13H15FN2O5/c1-2-8-7-15(3-4-21-8)11-6-10(14)9(13(17)18)5-12(11)16(19)20/h5-6,8H,2-4,7H2,1H3,(H,17,18). The number of halogens is 1. The summed E-state index contributed by atoms with van der Waals surface area (Å²) in [6.07, 6.45) is 0.653. The van der Waals surface area contributed by atoms with Crippen molar-refractivity contribution < 1.29 is 24.0 Å². The molecule has 0 amide bonds. The maximum atomic E-state index is 13.8. The molecule has 0 aromatic heterocycles. The number of ether oxygens (including phenoxy) is 1. The number of nitro groups is 1. The quantitative estimate of drug-likeness (QED) is 0.675. The average molecular weight is 298 g/mol. The first-order chi connectivity index (χ1) is 9.93. The summed E-state index contributed by atoms with van der Waals surface area (Å²) in [6.45, 7) is 3.11. The van der Waals surface area contributed by atoms with Crippen molar-refractivity contribution >= 4 is 17.3 Å². The van der Waals surface area contributed by atoms with Crippen molar-refractivity contribution in [3.05, 3.63) is 33.6 Å². The fourth-order valence-electron chi connectivity index (χ4n) is 2.30. The van der Waals surface area contributed by atoms with Gasteiger partial charge in [-0.1, -0.05) is 6.92 Å². The van der Waals surface area contributed by atoms with Crippen molar-refractivity contribution in [2.24, 2.45) is 0 Å². The Kier molecular flexibility index (Phi) is 4.37. The van der Waals surface area contributed by atoms with E-state index in [1.54, 1.807) is 4.90 Å². The van der Waals surface area contributed by atoms with E-state index < -0.39 is 28.0 Å². The Balaban J connectivity index is 2.44. The van der Waals surface area contributed by atoms with Crippen LogP contribution in [-0.2, 0) is 4.74 Å². The zero-order valence-corrected chi connectivity index (χ0v) is 11.4. The lowest BCUT2D eigenvalue weighted by atomic mass is 10.1. The minimum atomic E-state index is -1.53. The second kappa shape index (κ2) is 6.04. The van der Waals surface area contributed by atoms with Crippen LogP contribution in [0.25, 0.3) is 0 Å².